The number of rotatable bonds is 2. The minimum Gasteiger partial charge on any atom is -0.379 e. The molecule has 0 bridgehead atoms. The van der Waals surface area contributed by atoms with Crippen molar-refractivity contribution < 1.29 is 9.53 Å². The Bertz CT molecular complexity index is 312. The van der Waals surface area contributed by atoms with E-state index in [9.17, 15) is 10.1 Å². The molecule has 0 aromatic carbocycles. The fourth-order valence-electron chi connectivity index (χ4n) is 2.47. The van der Waals surface area contributed by atoms with Gasteiger partial charge in [0.05, 0.1) is 19.3 Å². The maximum atomic E-state index is 12.2. The third-order valence-corrected chi connectivity index (χ3v) is 3.63. The predicted octanol–water partition coefficient (Wildman–Crippen LogP) is 0.824. The zero-order chi connectivity index (χ0) is 12.1. The average molecular weight is 237 g/mol. The second-order valence-corrected chi connectivity index (χ2v) is 4.79. The molecule has 5 heteroatoms. The van der Waals surface area contributed by atoms with E-state index in [-0.39, 0.29) is 5.91 Å². The molecule has 1 N–H and O–H groups in total. The van der Waals surface area contributed by atoms with Crippen LogP contribution in [0.4, 0.5) is 0 Å². The number of ether oxygens (including phenoxy) is 1. The van der Waals surface area contributed by atoms with Crippen LogP contribution in [0, 0.1) is 16.7 Å². The maximum Gasteiger partial charge on any atom is 0.254 e. The Balaban J connectivity index is 1.94. The summed E-state index contributed by atoms with van der Waals surface area (Å²) in [4.78, 5) is 12.2. The number of nitriles is 1. The molecular formula is C12H19N3O2. The van der Waals surface area contributed by atoms with Crippen LogP contribution in [0.2, 0.25) is 0 Å². The van der Waals surface area contributed by atoms with E-state index in [1.165, 1.54) is 0 Å². The summed E-state index contributed by atoms with van der Waals surface area (Å²) in [6.07, 6.45) is 4.47. The van der Waals surface area contributed by atoms with Gasteiger partial charge in [0, 0.05) is 13.1 Å². The second-order valence-electron chi connectivity index (χ2n) is 4.79. The van der Waals surface area contributed by atoms with E-state index in [4.69, 9.17) is 4.74 Å². The van der Waals surface area contributed by atoms with Gasteiger partial charge in [-0.1, -0.05) is 19.3 Å². The number of hydrazine groups is 1. The Morgan fingerprint density at radius 2 is 1.88 bits per heavy atom. The quantitative estimate of drug-likeness (QED) is 0.772. The van der Waals surface area contributed by atoms with Gasteiger partial charge in [0.1, 0.15) is 5.41 Å². The molecule has 0 aromatic heterocycles. The largest absolute Gasteiger partial charge is 0.379 e. The predicted molar refractivity (Wildman–Crippen MR) is 61.7 cm³/mol. The lowest BCUT2D eigenvalue weighted by molar-refractivity contribution is -0.136. The number of amides is 1. The summed E-state index contributed by atoms with van der Waals surface area (Å²) in [5.74, 6) is -0.124. The van der Waals surface area contributed by atoms with E-state index in [1.54, 1.807) is 0 Å². The second kappa shape index (κ2) is 5.48. The number of morpholine rings is 1. The molecule has 1 aliphatic heterocycles. The zero-order valence-electron chi connectivity index (χ0n) is 10.1. The van der Waals surface area contributed by atoms with Gasteiger partial charge in [0.15, 0.2) is 0 Å². The monoisotopic (exact) mass is 237 g/mol. The summed E-state index contributed by atoms with van der Waals surface area (Å²) >= 11 is 0. The summed E-state index contributed by atoms with van der Waals surface area (Å²) in [6.45, 7) is 2.68. The molecule has 5 nitrogen and oxygen atoms in total. The number of carbonyl (C=O) groups is 1. The van der Waals surface area contributed by atoms with Crippen LogP contribution in [0.3, 0.4) is 0 Å². The number of hydrogen-bond acceptors (Lipinski definition) is 4. The number of nitrogens with zero attached hydrogens (tertiary/aromatic N) is 2. The molecule has 0 spiro atoms. The first-order valence-electron chi connectivity index (χ1n) is 6.32. The fourth-order valence-corrected chi connectivity index (χ4v) is 2.47. The molecule has 1 saturated heterocycles. The van der Waals surface area contributed by atoms with Crippen LogP contribution < -0.4 is 5.43 Å². The van der Waals surface area contributed by atoms with Crippen molar-refractivity contribution in [3.05, 3.63) is 0 Å². The Kier molecular flexibility index (Phi) is 3.97. The van der Waals surface area contributed by atoms with Crippen LogP contribution in [0.5, 0.6) is 0 Å². The Labute approximate surface area is 102 Å². The van der Waals surface area contributed by atoms with Gasteiger partial charge >= 0.3 is 0 Å². The molecule has 0 aromatic rings. The highest BCUT2D eigenvalue weighted by Crippen LogP contribution is 2.35. The van der Waals surface area contributed by atoms with Gasteiger partial charge in [-0.25, -0.2) is 5.01 Å². The molecule has 1 saturated carbocycles. The van der Waals surface area contributed by atoms with Crippen molar-refractivity contribution in [2.75, 3.05) is 26.3 Å². The molecule has 1 amide bonds. The zero-order valence-corrected chi connectivity index (χ0v) is 10.1. The maximum absolute atomic E-state index is 12.2. The standard InChI is InChI=1S/C12H19N3O2/c13-10-12(4-2-1-3-5-12)11(16)14-15-6-8-17-9-7-15/h1-9H2,(H,14,16). The van der Waals surface area contributed by atoms with Gasteiger partial charge in [0.2, 0.25) is 0 Å². The summed E-state index contributed by atoms with van der Waals surface area (Å²) in [7, 11) is 0. The lowest BCUT2D eigenvalue weighted by Gasteiger charge is -2.33. The van der Waals surface area contributed by atoms with Gasteiger partial charge in [-0.15, -0.1) is 0 Å². The Hall–Kier alpha value is -1.12. The summed E-state index contributed by atoms with van der Waals surface area (Å²) in [5.41, 5.74) is 2.08. The normalized spacial score (nSPS) is 24.9. The van der Waals surface area contributed by atoms with Crippen molar-refractivity contribution in [3.63, 3.8) is 0 Å². The molecule has 0 atom stereocenters. The number of carbonyl (C=O) groups excluding carboxylic acids is 1. The van der Waals surface area contributed by atoms with Crippen molar-refractivity contribution in [2.45, 2.75) is 32.1 Å². The lowest BCUT2D eigenvalue weighted by Crippen LogP contribution is -2.53. The van der Waals surface area contributed by atoms with E-state index in [0.717, 1.165) is 19.3 Å². The molecule has 94 valence electrons. The van der Waals surface area contributed by atoms with Crippen LogP contribution in [-0.4, -0.2) is 37.2 Å². The summed E-state index contributed by atoms with van der Waals surface area (Å²) < 4.78 is 5.22. The van der Waals surface area contributed by atoms with E-state index >= 15 is 0 Å². The minimum absolute atomic E-state index is 0.124. The van der Waals surface area contributed by atoms with Crippen molar-refractivity contribution in [1.82, 2.24) is 10.4 Å². The molecular weight excluding hydrogens is 218 g/mol. The van der Waals surface area contributed by atoms with Crippen LogP contribution in [0.1, 0.15) is 32.1 Å². The first kappa shape index (κ1) is 12.3. The van der Waals surface area contributed by atoms with Crippen molar-refractivity contribution in [2.24, 2.45) is 5.41 Å². The van der Waals surface area contributed by atoms with Gasteiger partial charge < -0.3 is 4.74 Å². The summed E-state index contributed by atoms with van der Waals surface area (Å²) in [5, 5.41) is 11.1. The average Bonchev–Trinajstić information content (AvgIpc) is 2.40. The Morgan fingerprint density at radius 3 is 2.47 bits per heavy atom. The Morgan fingerprint density at radius 1 is 1.24 bits per heavy atom. The molecule has 1 heterocycles. The third kappa shape index (κ3) is 2.76. The fraction of sp³-hybridized carbons (Fsp3) is 0.833. The minimum atomic E-state index is -0.795. The van der Waals surface area contributed by atoms with Crippen molar-refractivity contribution in [3.8, 4) is 6.07 Å². The molecule has 0 radical (unpaired) electrons. The van der Waals surface area contributed by atoms with Gasteiger partial charge in [-0.3, -0.25) is 10.2 Å². The van der Waals surface area contributed by atoms with Crippen LogP contribution in [0.15, 0.2) is 0 Å². The molecule has 2 aliphatic rings. The highest BCUT2D eigenvalue weighted by Gasteiger charge is 2.40. The van der Waals surface area contributed by atoms with Crippen LogP contribution in [-0.2, 0) is 9.53 Å². The molecule has 2 fully saturated rings. The highest BCUT2D eigenvalue weighted by molar-refractivity contribution is 5.85. The van der Waals surface area contributed by atoms with Crippen LogP contribution >= 0.6 is 0 Å². The topological polar surface area (TPSA) is 65.4 Å². The van der Waals surface area contributed by atoms with Crippen molar-refractivity contribution in [1.29, 1.82) is 5.26 Å². The number of hydrogen-bond donors (Lipinski definition) is 1. The lowest BCUT2D eigenvalue weighted by atomic mass is 9.74. The van der Waals surface area contributed by atoms with E-state index < -0.39 is 5.41 Å². The van der Waals surface area contributed by atoms with E-state index in [0.29, 0.717) is 39.1 Å². The van der Waals surface area contributed by atoms with Gasteiger partial charge in [-0.2, -0.15) is 5.26 Å². The third-order valence-electron chi connectivity index (χ3n) is 3.63. The molecule has 0 unspecified atom stereocenters. The SMILES string of the molecule is N#CC1(C(=O)NN2CCOCC2)CCCCC1. The first-order valence-corrected chi connectivity index (χ1v) is 6.32. The number of nitrogens with one attached hydrogen (secondary N) is 1. The first-order chi connectivity index (χ1) is 8.27. The van der Waals surface area contributed by atoms with E-state index in [2.05, 4.69) is 11.5 Å². The van der Waals surface area contributed by atoms with Crippen LogP contribution in [0.25, 0.3) is 0 Å². The summed E-state index contributed by atoms with van der Waals surface area (Å²) in [6, 6.07) is 2.24. The van der Waals surface area contributed by atoms with Gasteiger partial charge in [0.25, 0.3) is 5.91 Å². The molecule has 1 aliphatic carbocycles. The molecule has 17 heavy (non-hydrogen) atoms. The highest BCUT2D eigenvalue weighted by atomic mass is 16.5. The van der Waals surface area contributed by atoms with Crippen molar-refractivity contribution >= 4 is 5.91 Å². The van der Waals surface area contributed by atoms with E-state index in [1.807, 2.05) is 5.01 Å². The molecule has 2 rings (SSSR count). The smallest absolute Gasteiger partial charge is 0.254 e. The van der Waals surface area contributed by atoms with Gasteiger partial charge in [-0.05, 0) is 12.8 Å².